The zero-order valence-corrected chi connectivity index (χ0v) is 7.76. The smallest absolute Gasteiger partial charge is 0.0751 e. The summed E-state index contributed by atoms with van der Waals surface area (Å²) in [6.45, 7) is 8.55. The average Bonchev–Trinajstić information content (AvgIpc) is 2.04. The molecular weight excluding hydrogens is 138 g/mol. The monoisotopic (exact) mass is 157 g/mol. The molecule has 1 aliphatic rings. The van der Waals surface area contributed by atoms with Crippen LogP contribution in [-0.2, 0) is 4.74 Å². The molecule has 11 heavy (non-hydrogen) atoms. The van der Waals surface area contributed by atoms with E-state index in [4.69, 9.17) is 4.74 Å². The van der Waals surface area contributed by atoms with Crippen LogP contribution in [0.3, 0.4) is 0 Å². The van der Waals surface area contributed by atoms with Gasteiger partial charge in [-0.05, 0) is 12.3 Å². The second-order valence-electron chi connectivity index (χ2n) is 3.55. The first-order valence-corrected chi connectivity index (χ1v) is 4.60. The minimum Gasteiger partial charge on any atom is -0.375 e. The van der Waals surface area contributed by atoms with E-state index in [-0.39, 0.29) is 0 Å². The number of rotatable bonds is 2. The molecule has 0 aromatic rings. The van der Waals surface area contributed by atoms with E-state index < -0.39 is 0 Å². The Kier molecular flexibility index (Phi) is 3.34. The highest BCUT2D eigenvalue weighted by molar-refractivity contribution is 4.81. The maximum absolute atomic E-state index is 5.68. The van der Waals surface area contributed by atoms with Crippen molar-refractivity contribution in [2.24, 2.45) is 5.92 Å². The lowest BCUT2D eigenvalue weighted by molar-refractivity contribution is -0.0314. The fourth-order valence-corrected chi connectivity index (χ4v) is 1.71. The van der Waals surface area contributed by atoms with Gasteiger partial charge in [0.2, 0.25) is 0 Å². The Bertz CT molecular complexity index is 114. The molecule has 66 valence electrons. The van der Waals surface area contributed by atoms with Gasteiger partial charge in [0.05, 0.1) is 12.7 Å². The van der Waals surface area contributed by atoms with Crippen LogP contribution in [0.25, 0.3) is 0 Å². The summed E-state index contributed by atoms with van der Waals surface area (Å²) < 4.78 is 5.68. The van der Waals surface area contributed by atoms with Gasteiger partial charge in [-0.25, -0.2) is 0 Å². The maximum atomic E-state index is 5.68. The molecule has 0 spiro atoms. The molecule has 2 nitrogen and oxygen atoms in total. The molecule has 0 bridgehead atoms. The lowest BCUT2D eigenvalue weighted by Crippen LogP contribution is -2.50. The quantitative estimate of drug-likeness (QED) is 0.654. The Morgan fingerprint density at radius 1 is 1.55 bits per heavy atom. The predicted octanol–water partition coefficient (Wildman–Crippen LogP) is 1.41. The Labute approximate surface area is 69.3 Å². The van der Waals surface area contributed by atoms with E-state index in [9.17, 15) is 0 Å². The van der Waals surface area contributed by atoms with Crippen LogP contribution in [0.2, 0.25) is 0 Å². The van der Waals surface area contributed by atoms with Gasteiger partial charge in [0.15, 0.2) is 0 Å². The van der Waals surface area contributed by atoms with E-state index in [2.05, 4.69) is 26.1 Å². The van der Waals surface area contributed by atoms with Gasteiger partial charge in [-0.2, -0.15) is 0 Å². The minimum absolute atomic E-state index is 0.425. The summed E-state index contributed by atoms with van der Waals surface area (Å²) in [5.74, 6) is 0.632. The van der Waals surface area contributed by atoms with Crippen molar-refractivity contribution in [1.82, 2.24) is 5.32 Å². The Morgan fingerprint density at radius 3 is 2.73 bits per heavy atom. The summed E-state index contributed by atoms with van der Waals surface area (Å²) in [6, 6.07) is 0.573. The van der Waals surface area contributed by atoms with Crippen molar-refractivity contribution in [2.75, 3.05) is 13.2 Å². The zero-order valence-electron chi connectivity index (χ0n) is 7.76. The van der Waals surface area contributed by atoms with Crippen LogP contribution in [-0.4, -0.2) is 25.3 Å². The molecule has 0 aromatic heterocycles. The van der Waals surface area contributed by atoms with Crippen molar-refractivity contribution in [2.45, 2.75) is 39.3 Å². The van der Waals surface area contributed by atoms with Crippen molar-refractivity contribution in [3.05, 3.63) is 0 Å². The molecule has 1 N–H and O–H groups in total. The molecule has 0 saturated carbocycles. The zero-order chi connectivity index (χ0) is 8.27. The summed E-state index contributed by atoms with van der Waals surface area (Å²) in [5, 5.41) is 3.48. The molecule has 1 saturated heterocycles. The topological polar surface area (TPSA) is 21.3 Å². The number of hydrogen-bond donors (Lipinski definition) is 1. The largest absolute Gasteiger partial charge is 0.375 e. The predicted molar refractivity (Wildman–Crippen MR) is 46.7 cm³/mol. The second-order valence-corrected chi connectivity index (χ2v) is 3.55. The highest BCUT2D eigenvalue weighted by Crippen LogP contribution is 2.15. The van der Waals surface area contributed by atoms with Gasteiger partial charge in [-0.15, -0.1) is 0 Å². The van der Waals surface area contributed by atoms with E-state index in [1.54, 1.807) is 0 Å². The van der Waals surface area contributed by atoms with Gasteiger partial charge in [0.1, 0.15) is 0 Å². The standard InChI is InChI=1S/C9H19NO/c1-4-8-9(7(2)3)11-6-5-10-8/h7-10H,4-6H2,1-3H3. The lowest BCUT2D eigenvalue weighted by atomic mass is 9.96. The summed E-state index contributed by atoms with van der Waals surface area (Å²) >= 11 is 0. The summed E-state index contributed by atoms with van der Waals surface area (Å²) in [7, 11) is 0. The summed E-state index contributed by atoms with van der Waals surface area (Å²) in [4.78, 5) is 0. The highest BCUT2D eigenvalue weighted by Gasteiger charge is 2.26. The van der Waals surface area contributed by atoms with Crippen molar-refractivity contribution in [3.63, 3.8) is 0 Å². The molecule has 2 unspecified atom stereocenters. The fraction of sp³-hybridized carbons (Fsp3) is 1.00. The van der Waals surface area contributed by atoms with Crippen molar-refractivity contribution in [1.29, 1.82) is 0 Å². The number of hydrogen-bond acceptors (Lipinski definition) is 2. The maximum Gasteiger partial charge on any atom is 0.0751 e. The number of ether oxygens (including phenoxy) is 1. The van der Waals surface area contributed by atoms with Gasteiger partial charge >= 0.3 is 0 Å². The van der Waals surface area contributed by atoms with Crippen LogP contribution in [0.15, 0.2) is 0 Å². The molecular formula is C9H19NO. The Hall–Kier alpha value is -0.0800. The van der Waals surface area contributed by atoms with Gasteiger partial charge in [0, 0.05) is 12.6 Å². The van der Waals surface area contributed by atoms with Crippen molar-refractivity contribution in [3.8, 4) is 0 Å². The van der Waals surface area contributed by atoms with Gasteiger partial charge in [0.25, 0.3) is 0 Å². The third-order valence-electron chi connectivity index (χ3n) is 2.31. The van der Waals surface area contributed by atoms with Crippen LogP contribution < -0.4 is 5.32 Å². The summed E-state index contributed by atoms with van der Waals surface area (Å²) in [5.41, 5.74) is 0. The summed E-state index contributed by atoms with van der Waals surface area (Å²) in [6.07, 6.45) is 1.59. The van der Waals surface area contributed by atoms with Gasteiger partial charge in [-0.3, -0.25) is 0 Å². The molecule has 1 rings (SSSR count). The van der Waals surface area contributed by atoms with E-state index in [1.165, 1.54) is 6.42 Å². The molecule has 1 fully saturated rings. The lowest BCUT2D eigenvalue weighted by Gasteiger charge is -2.34. The van der Waals surface area contributed by atoms with E-state index in [0.717, 1.165) is 13.2 Å². The Balaban J connectivity index is 2.44. The van der Waals surface area contributed by atoms with E-state index in [0.29, 0.717) is 18.1 Å². The Morgan fingerprint density at radius 2 is 2.27 bits per heavy atom. The molecule has 2 heteroatoms. The SMILES string of the molecule is CCC1NCCOC1C(C)C. The van der Waals surface area contributed by atoms with E-state index in [1.807, 2.05) is 0 Å². The molecule has 0 aromatic carbocycles. The van der Waals surface area contributed by atoms with Gasteiger partial charge < -0.3 is 10.1 Å². The molecule has 2 atom stereocenters. The average molecular weight is 157 g/mol. The van der Waals surface area contributed by atoms with Gasteiger partial charge in [-0.1, -0.05) is 20.8 Å². The van der Waals surface area contributed by atoms with Crippen LogP contribution in [0.5, 0.6) is 0 Å². The first kappa shape index (κ1) is 9.01. The first-order valence-electron chi connectivity index (χ1n) is 4.60. The van der Waals surface area contributed by atoms with Crippen LogP contribution in [0.1, 0.15) is 27.2 Å². The van der Waals surface area contributed by atoms with Crippen molar-refractivity contribution < 1.29 is 4.74 Å². The minimum atomic E-state index is 0.425. The molecule has 0 aliphatic carbocycles. The van der Waals surface area contributed by atoms with E-state index >= 15 is 0 Å². The number of nitrogens with one attached hydrogen (secondary N) is 1. The third-order valence-corrected chi connectivity index (χ3v) is 2.31. The molecule has 1 heterocycles. The third kappa shape index (κ3) is 2.17. The second kappa shape index (κ2) is 4.07. The fourth-order valence-electron chi connectivity index (χ4n) is 1.71. The molecule has 1 aliphatic heterocycles. The van der Waals surface area contributed by atoms with Crippen LogP contribution in [0, 0.1) is 5.92 Å². The molecule has 0 amide bonds. The molecule has 0 radical (unpaired) electrons. The number of morpholine rings is 1. The highest BCUT2D eigenvalue weighted by atomic mass is 16.5. The van der Waals surface area contributed by atoms with Crippen LogP contribution in [0.4, 0.5) is 0 Å². The van der Waals surface area contributed by atoms with Crippen molar-refractivity contribution >= 4 is 0 Å². The van der Waals surface area contributed by atoms with Crippen LogP contribution >= 0.6 is 0 Å². The first-order chi connectivity index (χ1) is 5.25. The normalized spacial score (nSPS) is 32.7.